The number of anilines is 1. The van der Waals surface area contributed by atoms with Crippen molar-refractivity contribution >= 4 is 11.9 Å². The van der Waals surface area contributed by atoms with Gasteiger partial charge >= 0.3 is 5.97 Å². The highest BCUT2D eigenvalue weighted by atomic mass is 16.4. The van der Waals surface area contributed by atoms with Crippen LogP contribution in [-0.4, -0.2) is 21.0 Å². The number of benzene rings is 1. The van der Waals surface area contributed by atoms with Gasteiger partial charge in [-0.05, 0) is 18.6 Å². The number of rotatable bonds is 4. The first-order valence-corrected chi connectivity index (χ1v) is 5.51. The SMILES string of the molecule is Cc1ccc(CNc2nccc(C(=O)O)n2)cc1. The summed E-state index contributed by atoms with van der Waals surface area (Å²) in [5.74, 6) is -0.744. The predicted octanol–water partition coefficient (Wildman–Crippen LogP) is 2.10. The summed E-state index contributed by atoms with van der Waals surface area (Å²) in [5.41, 5.74) is 2.27. The molecular weight excluding hydrogens is 230 g/mol. The molecule has 0 radical (unpaired) electrons. The Bertz CT molecular complexity index is 552. The van der Waals surface area contributed by atoms with Crippen LogP contribution < -0.4 is 5.32 Å². The van der Waals surface area contributed by atoms with E-state index in [9.17, 15) is 4.79 Å². The number of aryl methyl sites for hydroxylation is 1. The Kier molecular flexibility index (Phi) is 3.52. The van der Waals surface area contributed by atoms with Crippen molar-refractivity contribution in [3.63, 3.8) is 0 Å². The summed E-state index contributed by atoms with van der Waals surface area (Å²) < 4.78 is 0. The van der Waals surface area contributed by atoms with Crippen molar-refractivity contribution in [3.05, 3.63) is 53.3 Å². The number of carboxylic acid groups (broad SMARTS) is 1. The second-order valence-corrected chi connectivity index (χ2v) is 3.91. The van der Waals surface area contributed by atoms with Crippen LogP contribution >= 0.6 is 0 Å². The van der Waals surface area contributed by atoms with Gasteiger partial charge in [-0.2, -0.15) is 0 Å². The molecule has 0 aliphatic rings. The average Bonchev–Trinajstić information content (AvgIpc) is 2.38. The Balaban J connectivity index is 2.04. The summed E-state index contributed by atoms with van der Waals surface area (Å²) in [6.07, 6.45) is 1.42. The van der Waals surface area contributed by atoms with Gasteiger partial charge in [0.2, 0.25) is 5.95 Å². The first-order valence-electron chi connectivity index (χ1n) is 5.51. The van der Waals surface area contributed by atoms with Crippen LogP contribution in [0.25, 0.3) is 0 Å². The minimum atomic E-state index is -1.06. The van der Waals surface area contributed by atoms with E-state index in [0.29, 0.717) is 12.5 Å². The van der Waals surface area contributed by atoms with E-state index < -0.39 is 5.97 Å². The fourth-order valence-electron chi connectivity index (χ4n) is 1.45. The standard InChI is InChI=1S/C13H13N3O2/c1-9-2-4-10(5-3-9)8-15-13-14-7-6-11(16-13)12(17)18/h2-7H,8H2,1H3,(H,17,18)(H,14,15,16). The average molecular weight is 243 g/mol. The second kappa shape index (κ2) is 5.27. The van der Waals surface area contributed by atoms with Crippen molar-refractivity contribution in [2.24, 2.45) is 0 Å². The van der Waals surface area contributed by atoms with E-state index in [1.807, 2.05) is 31.2 Å². The molecule has 0 unspecified atom stereocenters. The highest BCUT2D eigenvalue weighted by Crippen LogP contribution is 2.06. The molecular formula is C13H13N3O2. The maximum atomic E-state index is 10.7. The van der Waals surface area contributed by atoms with Crippen molar-refractivity contribution in [2.45, 2.75) is 13.5 Å². The van der Waals surface area contributed by atoms with E-state index in [2.05, 4.69) is 15.3 Å². The number of nitrogens with zero attached hydrogens (tertiary/aromatic N) is 2. The summed E-state index contributed by atoms with van der Waals surface area (Å²) in [6, 6.07) is 9.41. The van der Waals surface area contributed by atoms with Crippen LogP contribution in [0.3, 0.4) is 0 Å². The van der Waals surface area contributed by atoms with Crippen LogP contribution in [0.4, 0.5) is 5.95 Å². The first-order chi connectivity index (χ1) is 8.65. The molecule has 18 heavy (non-hydrogen) atoms. The number of aromatic carboxylic acids is 1. The summed E-state index contributed by atoms with van der Waals surface area (Å²) in [6.45, 7) is 2.58. The van der Waals surface area contributed by atoms with E-state index in [-0.39, 0.29) is 5.69 Å². The second-order valence-electron chi connectivity index (χ2n) is 3.91. The number of carboxylic acids is 1. The van der Waals surface area contributed by atoms with Gasteiger partial charge in [0.05, 0.1) is 0 Å². The largest absolute Gasteiger partial charge is 0.477 e. The number of nitrogens with one attached hydrogen (secondary N) is 1. The maximum Gasteiger partial charge on any atom is 0.354 e. The lowest BCUT2D eigenvalue weighted by Crippen LogP contribution is -2.07. The van der Waals surface area contributed by atoms with Crippen LogP contribution in [-0.2, 0) is 6.54 Å². The number of carbonyl (C=O) groups is 1. The molecule has 0 atom stereocenters. The molecule has 1 aromatic carbocycles. The molecule has 1 aromatic heterocycles. The Morgan fingerprint density at radius 2 is 2.00 bits per heavy atom. The molecule has 2 N–H and O–H groups in total. The van der Waals surface area contributed by atoms with Gasteiger partial charge in [-0.25, -0.2) is 14.8 Å². The molecule has 0 saturated carbocycles. The molecule has 5 heteroatoms. The van der Waals surface area contributed by atoms with Gasteiger partial charge < -0.3 is 10.4 Å². The number of hydrogen-bond acceptors (Lipinski definition) is 4. The van der Waals surface area contributed by atoms with Crippen molar-refractivity contribution < 1.29 is 9.90 Å². The summed E-state index contributed by atoms with van der Waals surface area (Å²) in [5, 5.41) is 11.8. The van der Waals surface area contributed by atoms with E-state index in [1.54, 1.807) is 0 Å². The number of aromatic nitrogens is 2. The molecule has 92 valence electrons. The third-order valence-corrected chi connectivity index (χ3v) is 2.45. The summed E-state index contributed by atoms with van der Waals surface area (Å²) in [4.78, 5) is 18.6. The Morgan fingerprint density at radius 1 is 1.28 bits per heavy atom. The molecule has 0 aliphatic heterocycles. The van der Waals surface area contributed by atoms with Crippen molar-refractivity contribution in [2.75, 3.05) is 5.32 Å². The van der Waals surface area contributed by atoms with E-state index in [0.717, 1.165) is 5.56 Å². The summed E-state index contributed by atoms with van der Waals surface area (Å²) >= 11 is 0. The molecule has 0 bridgehead atoms. The van der Waals surface area contributed by atoms with Crippen LogP contribution in [0.5, 0.6) is 0 Å². The Morgan fingerprint density at radius 3 is 2.67 bits per heavy atom. The summed E-state index contributed by atoms with van der Waals surface area (Å²) in [7, 11) is 0. The molecule has 0 saturated heterocycles. The quantitative estimate of drug-likeness (QED) is 0.860. The van der Waals surface area contributed by atoms with Gasteiger partial charge in [0.1, 0.15) is 0 Å². The Hall–Kier alpha value is -2.43. The molecule has 0 amide bonds. The number of hydrogen-bond donors (Lipinski definition) is 2. The lowest BCUT2D eigenvalue weighted by Gasteiger charge is -2.05. The minimum absolute atomic E-state index is 0.0172. The van der Waals surface area contributed by atoms with Gasteiger partial charge in [-0.15, -0.1) is 0 Å². The molecule has 0 aliphatic carbocycles. The van der Waals surface area contributed by atoms with Crippen molar-refractivity contribution in [1.29, 1.82) is 0 Å². The normalized spacial score (nSPS) is 10.1. The van der Waals surface area contributed by atoms with Crippen LogP contribution in [0.1, 0.15) is 21.6 Å². The van der Waals surface area contributed by atoms with E-state index in [4.69, 9.17) is 5.11 Å². The fraction of sp³-hybridized carbons (Fsp3) is 0.154. The lowest BCUT2D eigenvalue weighted by molar-refractivity contribution is 0.0690. The predicted molar refractivity (Wildman–Crippen MR) is 67.5 cm³/mol. The topological polar surface area (TPSA) is 75.1 Å². The maximum absolute atomic E-state index is 10.7. The monoisotopic (exact) mass is 243 g/mol. The van der Waals surface area contributed by atoms with Gasteiger partial charge in [0, 0.05) is 12.7 Å². The third-order valence-electron chi connectivity index (χ3n) is 2.45. The Labute approximate surface area is 105 Å². The smallest absolute Gasteiger partial charge is 0.354 e. The van der Waals surface area contributed by atoms with Crippen molar-refractivity contribution in [3.8, 4) is 0 Å². The fourth-order valence-corrected chi connectivity index (χ4v) is 1.45. The highest BCUT2D eigenvalue weighted by molar-refractivity contribution is 5.85. The lowest BCUT2D eigenvalue weighted by atomic mass is 10.1. The van der Waals surface area contributed by atoms with Gasteiger partial charge in [0.15, 0.2) is 5.69 Å². The first kappa shape index (κ1) is 12.0. The van der Waals surface area contributed by atoms with Crippen LogP contribution in [0.15, 0.2) is 36.5 Å². The third kappa shape index (κ3) is 3.04. The zero-order valence-corrected chi connectivity index (χ0v) is 9.92. The van der Waals surface area contributed by atoms with Gasteiger partial charge in [-0.1, -0.05) is 29.8 Å². The molecule has 1 heterocycles. The minimum Gasteiger partial charge on any atom is -0.477 e. The molecule has 2 rings (SSSR count). The van der Waals surface area contributed by atoms with E-state index in [1.165, 1.54) is 17.8 Å². The van der Waals surface area contributed by atoms with Gasteiger partial charge in [-0.3, -0.25) is 0 Å². The zero-order chi connectivity index (χ0) is 13.0. The highest BCUT2D eigenvalue weighted by Gasteiger charge is 2.05. The molecule has 2 aromatic rings. The molecule has 5 nitrogen and oxygen atoms in total. The van der Waals surface area contributed by atoms with Crippen LogP contribution in [0.2, 0.25) is 0 Å². The van der Waals surface area contributed by atoms with E-state index >= 15 is 0 Å². The van der Waals surface area contributed by atoms with Crippen LogP contribution in [0, 0.1) is 6.92 Å². The van der Waals surface area contributed by atoms with Gasteiger partial charge in [0.25, 0.3) is 0 Å². The van der Waals surface area contributed by atoms with Crippen molar-refractivity contribution in [1.82, 2.24) is 9.97 Å². The molecule has 0 spiro atoms. The molecule has 0 fully saturated rings. The zero-order valence-electron chi connectivity index (χ0n) is 9.92.